The van der Waals surface area contributed by atoms with Crippen molar-refractivity contribution in [2.45, 2.75) is 30.5 Å². The third-order valence-electron chi connectivity index (χ3n) is 3.07. The molecule has 7 nitrogen and oxygen atoms in total. The lowest BCUT2D eigenvalue weighted by Gasteiger charge is -2.33. The summed E-state index contributed by atoms with van der Waals surface area (Å²) in [7, 11) is -13.8. The fraction of sp³-hybridized carbons (Fsp3) is 0.385. The van der Waals surface area contributed by atoms with Crippen LogP contribution in [0.5, 0.6) is 5.75 Å². The van der Waals surface area contributed by atoms with Gasteiger partial charge in [-0.05, 0) is 31.2 Å². The van der Waals surface area contributed by atoms with Gasteiger partial charge in [-0.3, -0.25) is 16.8 Å². The maximum absolute atomic E-state index is 12.6. The SMILES string of the molecule is CC(C[C-](S(=O)(=O)C(F)(F)F)S(=O)(=O)C(F)(F)F)OC(=O)c1ccc(O)cc1. The molecule has 1 N–H and O–H groups in total. The lowest BCUT2D eigenvalue weighted by atomic mass is 10.2. The number of hydrogen-bond donors (Lipinski definition) is 1. The zero-order chi connectivity index (χ0) is 22.1. The fourth-order valence-corrected chi connectivity index (χ4v) is 4.89. The van der Waals surface area contributed by atoms with E-state index in [2.05, 4.69) is 4.74 Å². The molecule has 1 aromatic rings. The molecular formula is C13H11F6O7S2-. The first-order valence-electron chi connectivity index (χ1n) is 6.90. The second kappa shape index (κ2) is 7.77. The van der Waals surface area contributed by atoms with E-state index in [4.69, 9.17) is 5.11 Å². The number of alkyl halides is 6. The van der Waals surface area contributed by atoms with Gasteiger partial charge in [0.2, 0.25) is 0 Å². The minimum absolute atomic E-state index is 0.271. The molecule has 15 heteroatoms. The number of hydrogen-bond acceptors (Lipinski definition) is 7. The normalized spacial score (nSPS) is 14.7. The van der Waals surface area contributed by atoms with Crippen LogP contribution in [-0.2, 0) is 24.4 Å². The van der Waals surface area contributed by atoms with E-state index in [1.807, 2.05) is 0 Å². The minimum Gasteiger partial charge on any atom is -0.508 e. The highest BCUT2D eigenvalue weighted by Crippen LogP contribution is 2.43. The number of rotatable bonds is 6. The van der Waals surface area contributed by atoms with Crippen molar-refractivity contribution in [3.8, 4) is 5.75 Å². The van der Waals surface area contributed by atoms with E-state index in [0.717, 1.165) is 24.3 Å². The van der Waals surface area contributed by atoms with Gasteiger partial charge in [-0.1, -0.05) is 4.58 Å². The number of benzene rings is 1. The van der Waals surface area contributed by atoms with Gasteiger partial charge in [-0.25, -0.2) is 4.79 Å². The van der Waals surface area contributed by atoms with Gasteiger partial charge in [-0.15, -0.1) is 6.42 Å². The number of carbonyl (C=O) groups excluding carboxylic acids is 1. The topological polar surface area (TPSA) is 115 Å². The molecule has 0 aromatic heterocycles. The number of halogens is 6. The molecule has 0 spiro atoms. The largest absolute Gasteiger partial charge is 0.508 e. The smallest absolute Gasteiger partial charge is 0.469 e. The van der Waals surface area contributed by atoms with Crippen LogP contribution in [0.3, 0.4) is 0 Å². The van der Waals surface area contributed by atoms with Gasteiger partial charge in [0.15, 0.2) is 0 Å². The average molecular weight is 457 g/mol. The van der Waals surface area contributed by atoms with E-state index in [1.165, 1.54) is 0 Å². The van der Waals surface area contributed by atoms with E-state index in [1.54, 1.807) is 0 Å². The molecule has 0 bridgehead atoms. The maximum Gasteiger partial charge on any atom is 0.469 e. The molecule has 0 amide bonds. The number of esters is 1. The highest BCUT2D eigenvalue weighted by Gasteiger charge is 2.54. The molecule has 0 fully saturated rings. The number of ether oxygens (including phenoxy) is 1. The summed E-state index contributed by atoms with van der Waals surface area (Å²) in [4.78, 5) is 11.8. The second-order valence-corrected chi connectivity index (χ2v) is 9.42. The van der Waals surface area contributed by atoms with Gasteiger partial charge in [0.1, 0.15) is 25.4 Å². The molecular weight excluding hydrogens is 446 g/mol. The molecule has 1 rings (SSSR count). The number of phenols is 1. The number of carbonyl (C=O) groups is 1. The predicted molar refractivity (Wildman–Crippen MR) is 80.8 cm³/mol. The Kier molecular flexibility index (Phi) is 6.66. The Balaban J connectivity index is 3.20. The van der Waals surface area contributed by atoms with Crippen LogP contribution >= 0.6 is 0 Å². The lowest BCUT2D eigenvalue weighted by Crippen LogP contribution is -2.41. The Labute approximate surface area is 154 Å². The van der Waals surface area contributed by atoms with E-state index in [0.29, 0.717) is 6.92 Å². The lowest BCUT2D eigenvalue weighted by molar-refractivity contribution is -0.0458. The molecule has 0 saturated carbocycles. The molecule has 160 valence electrons. The Hall–Kier alpha value is -2.03. The van der Waals surface area contributed by atoms with Crippen LogP contribution in [0.15, 0.2) is 24.3 Å². The molecule has 1 aromatic carbocycles. The standard InChI is InChI=1S/C13H11F6O7S2/c1-7(26-11(21)8-2-4-9(20)5-3-8)6-10(27(22,23)12(14,15)16)28(24,25)13(17,18)19/h2-5,7,20H,6H2,1H3/q-1. The first kappa shape index (κ1) is 24.0. The van der Waals surface area contributed by atoms with E-state index in [9.17, 15) is 48.0 Å². The molecule has 0 aliphatic rings. The Morgan fingerprint density at radius 3 is 1.75 bits per heavy atom. The van der Waals surface area contributed by atoms with Gasteiger partial charge in [0, 0.05) is 0 Å². The first-order chi connectivity index (χ1) is 12.4. The van der Waals surface area contributed by atoms with Crippen molar-refractivity contribution < 1.29 is 57.8 Å². The highest BCUT2D eigenvalue weighted by molar-refractivity contribution is 8.13. The third-order valence-corrected chi connectivity index (χ3v) is 7.14. The summed E-state index contributed by atoms with van der Waals surface area (Å²) in [5.74, 6) is -1.58. The van der Waals surface area contributed by atoms with Crippen molar-refractivity contribution in [3.63, 3.8) is 0 Å². The van der Waals surface area contributed by atoms with Gasteiger partial charge in [0.25, 0.3) is 0 Å². The Bertz CT molecular complexity index is 874. The third kappa shape index (κ3) is 5.06. The summed E-state index contributed by atoms with van der Waals surface area (Å²) in [6.07, 6.45) is -3.89. The van der Waals surface area contributed by atoms with Crippen LogP contribution < -0.4 is 0 Å². The van der Waals surface area contributed by atoms with Crippen molar-refractivity contribution in [1.29, 1.82) is 0 Å². The van der Waals surface area contributed by atoms with Crippen LogP contribution in [0, 0.1) is 4.58 Å². The summed E-state index contributed by atoms with van der Waals surface area (Å²) in [5.41, 5.74) is -13.0. The van der Waals surface area contributed by atoms with Crippen molar-refractivity contribution in [3.05, 3.63) is 34.4 Å². The second-order valence-electron chi connectivity index (χ2n) is 5.24. The molecule has 0 aliphatic heterocycles. The van der Waals surface area contributed by atoms with Gasteiger partial charge >= 0.3 is 17.0 Å². The average Bonchev–Trinajstić information content (AvgIpc) is 2.50. The number of phenolic OH excluding ortho intramolecular Hbond substituents is 1. The van der Waals surface area contributed by atoms with Gasteiger partial charge in [-0.2, -0.15) is 26.3 Å². The minimum atomic E-state index is -6.90. The van der Waals surface area contributed by atoms with Crippen LogP contribution in [0.4, 0.5) is 26.3 Å². The van der Waals surface area contributed by atoms with E-state index < -0.39 is 53.8 Å². The molecule has 0 aliphatic carbocycles. The van der Waals surface area contributed by atoms with Crippen LogP contribution in [0.2, 0.25) is 0 Å². The first-order valence-corrected chi connectivity index (χ1v) is 9.86. The Morgan fingerprint density at radius 2 is 1.39 bits per heavy atom. The zero-order valence-corrected chi connectivity index (χ0v) is 15.2. The van der Waals surface area contributed by atoms with Crippen LogP contribution in [0.1, 0.15) is 23.7 Å². The van der Waals surface area contributed by atoms with Gasteiger partial charge in [0.05, 0.1) is 11.7 Å². The summed E-state index contributed by atoms with van der Waals surface area (Å²) in [6, 6.07) is 4.02. The maximum atomic E-state index is 12.6. The fourth-order valence-electron chi connectivity index (χ4n) is 1.75. The molecule has 0 saturated heterocycles. The van der Waals surface area contributed by atoms with Gasteiger partial charge < -0.3 is 9.84 Å². The van der Waals surface area contributed by atoms with Crippen molar-refractivity contribution in [2.75, 3.05) is 0 Å². The number of sulfone groups is 2. The summed E-state index contributed by atoms with van der Waals surface area (Å²) >= 11 is 0. The molecule has 1 atom stereocenters. The van der Waals surface area contributed by atoms with E-state index in [-0.39, 0.29) is 11.3 Å². The zero-order valence-electron chi connectivity index (χ0n) is 13.6. The van der Waals surface area contributed by atoms with Crippen molar-refractivity contribution >= 4 is 25.6 Å². The van der Waals surface area contributed by atoms with E-state index >= 15 is 0 Å². The molecule has 0 heterocycles. The highest BCUT2D eigenvalue weighted by atomic mass is 32.3. The van der Waals surface area contributed by atoms with Crippen molar-refractivity contribution in [1.82, 2.24) is 0 Å². The van der Waals surface area contributed by atoms with Crippen LogP contribution in [-0.4, -0.2) is 45.0 Å². The van der Waals surface area contributed by atoms with Crippen molar-refractivity contribution in [2.24, 2.45) is 0 Å². The summed E-state index contributed by atoms with van der Waals surface area (Å²) in [5, 5.41) is 9.07. The molecule has 0 radical (unpaired) electrons. The molecule has 1 unspecified atom stereocenters. The predicted octanol–water partition coefficient (Wildman–Crippen LogP) is 2.69. The summed E-state index contributed by atoms with van der Waals surface area (Å²) < 4.78 is 123. The monoisotopic (exact) mass is 457 g/mol. The van der Waals surface area contributed by atoms with Crippen LogP contribution in [0.25, 0.3) is 0 Å². The quantitative estimate of drug-likeness (QED) is 0.397. The summed E-state index contributed by atoms with van der Waals surface area (Å²) in [6.45, 7) is 0.704. The Morgan fingerprint density at radius 1 is 1.00 bits per heavy atom. The number of aromatic hydroxyl groups is 1. The molecule has 28 heavy (non-hydrogen) atoms.